The predicted molar refractivity (Wildman–Crippen MR) is 76.4 cm³/mol. The van der Waals surface area contributed by atoms with Crippen LogP contribution in [0.25, 0.3) is 11.1 Å². The van der Waals surface area contributed by atoms with Crippen molar-refractivity contribution in [1.82, 2.24) is 9.97 Å². The Bertz CT molecular complexity index is 534. The van der Waals surface area contributed by atoms with E-state index in [1.54, 1.807) is 12.4 Å². The molecule has 1 saturated carbocycles. The zero-order chi connectivity index (χ0) is 13.8. The van der Waals surface area contributed by atoms with Crippen LogP contribution < -0.4 is 4.74 Å². The normalized spacial score (nSPS) is 22.4. The summed E-state index contributed by atoms with van der Waals surface area (Å²) in [4.78, 5) is 8.54. The molecule has 1 fully saturated rings. The molecule has 1 aromatic carbocycles. The maximum Gasteiger partial charge on any atom is 0.316 e. The van der Waals surface area contributed by atoms with Crippen LogP contribution >= 0.6 is 0 Å². The third-order valence-corrected chi connectivity index (χ3v) is 3.65. The molecule has 0 amide bonds. The van der Waals surface area contributed by atoms with Gasteiger partial charge in [-0.1, -0.05) is 30.3 Å². The Morgan fingerprint density at radius 3 is 2.20 bits per heavy atom. The summed E-state index contributed by atoms with van der Waals surface area (Å²) in [5.74, 6) is 0. The molecule has 3 rings (SSSR count). The summed E-state index contributed by atoms with van der Waals surface area (Å²) < 4.78 is 5.76. The number of hydrogen-bond donors (Lipinski definition) is 1. The molecule has 1 heterocycles. The van der Waals surface area contributed by atoms with Crippen molar-refractivity contribution in [3.05, 3.63) is 42.7 Å². The van der Waals surface area contributed by atoms with Crippen LogP contribution in [0, 0.1) is 0 Å². The molecule has 0 aliphatic heterocycles. The zero-order valence-electron chi connectivity index (χ0n) is 11.3. The number of nitrogens with zero attached hydrogens (tertiary/aromatic N) is 2. The van der Waals surface area contributed by atoms with E-state index in [0.29, 0.717) is 6.01 Å². The molecule has 1 N–H and O–H groups in total. The van der Waals surface area contributed by atoms with E-state index in [-0.39, 0.29) is 12.2 Å². The first-order valence-electron chi connectivity index (χ1n) is 7.03. The third-order valence-electron chi connectivity index (χ3n) is 3.65. The van der Waals surface area contributed by atoms with Crippen molar-refractivity contribution in [2.75, 3.05) is 0 Å². The summed E-state index contributed by atoms with van der Waals surface area (Å²) >= 11 is 0. The van der Waals surface area contributed by atoms with E-state index in [2.05, 4.69) is 9.97 Å². The van der Waals surface area contributed by atoms with Crippen molar-refractivity contribution < 1.29 is 9.84 Å². The largest absolute Gasteiger partial charge is 0.460 e. The third kappa shape index (κ3) is 3.14. The van der Waals surface area contributed by atoms with Gasteiger partial charge in [-0.25, -0.2) is 9.97 Å². The Morgan fingerprint density at radius 2 is 1.55 bits per heavy atom. The van der Waals surface area contributed by atoms with E-state index in [4.69, 9.17) is 4.74 Å². The first-order chi connectivity index (χ1) is 9.81. The Labute approximate surface area is 118 Å². The van der Waals surface area contributed by atoms with Crippen molar-refractivity contribution in [2.24, 2.45) is 0 Å². The van der Waals surface area contributed by atoms with E-state index in [1.165, 1.54) is 0 Å². The Balaban J connectivity index is 1.65. The SMILES string of the molecule is OC1CCC(Oc2ncc(-c3ccccc3)cn2)CC1. The minimum atomic E-state index is -0.170. The average molecular weight is 270 g/mol. The maximum absolute atomic E-state index is 9.47. The smallest absolute Gasteiger partial charge is 0.316 e. The molecule has 104 valence electrons. The van der Waals surface area contributed by atoms with E-state index in [9.17, 15) is 5.11 Å². The number of aliphatic hydroxyl groups excluding tert-OH is 1. The van der Waals surface area contributed by atoms with Crippen LogP contribution in [-0.4, -0.2) is 27.3 Å². The molecule has 4 nitrogen and oxygen atoms in total. The van der Waals surface area contributed by atoms with Gasteiger partial charge in [0.2, 0.25) is 0 Å². The summed E-state index contributed by atoms with van der Waals surface area (Å²) in [5.41, 5.74) is 2.08. The number of aliphatic hydroxyl groups is 1. The molecule has 0 spiro atoms. The van der Waals surface area contributed by atoms with Crippen molar-refractivity contribution in [3.63, 3.8) is 0 Å². The summed E-state index contributed by atoms with van der Waals surface area (Å²) in [6.07, 6.45) is 6.86. The Hall–Kier alpha value is -1.94. The first-order valence-corrected chi connectivity index (χ1v) is 7.03. The van der Waals surface area contributed by atoms with Crippen molar-refractivity contribution in [3.8, 4) is 17.1 Å². The van der Waals surface area contributed by atoms with Crippen LogP contribution in [0.4, 0.5) is 0 Å². The van der Waals surface area contributed by atoms with Gasteiger partial charge in [-0.3, -0.25) is 0 Å². The average Bonchev–Trinajstić information content (AvgIpc) is 2.51. The fourth-order valence-corrected chi connectivity index (χ4v) is 2.47. The lowest BCUT2D eigenvalue weighted by Gasteiger charge is -2.25. The second kappa shape index (κ2) is 6.01. The summed E-state index contributed by atoms with van der Waals surface area (Å²) in [7, 11) is 0. The highest BCUT2D eigenvalue weighted by atomic mass is 16.5. The van der Waals surface area contributed by atoms with Crippen LogP contribution in [0.5, 0.6) is 6.01 Å². The summed E-state index contributed by atoms with van der Waals surface area (Å²) in [6.45, 7) is 0. The van der Waals surface area contributed by atoms with Crippen LogP contribution in [0.15, 0.2) is 42.7 Å². The summed E-state index contributed by atoms with van der Waals surface area (Å²) in [5, 5.41) is 9.47. The fraction of sp³-hybridized carbons (Fsp3) is 0.375. The molecule has 1 aliphatic carbocycles. The molecule has 2 aromatic rings. The molecule has 0 atom stereocenters. The number of rotatable bonds is 3. The van der Waals surface area contributed by atoms with E-state index in [1.807, 2.05) is 30.3 Å². The number of hydrogen-bond acceptors (Lipinski definition) is 4. The van der Waals surface area contributed by atoms with E-state index < -0.39 is 0 Å². The molecule has 20 heavy (non-hydrogen) atoms. The lowest BCUT2D eigenvalue weighted by molar-refractivity contribution is 0.0618. The molecular formula is C16H18N2O2. The van der Waals surface area contributed by atoms with Gasteiger partial charge in [0, 0.05) is 18.0 Å². The van der Waals surface area contributed by atoms with Gasteiger partial charge >= 0.3 is 6.01 Å². The van der Waals surface area contributed by atoms with Gasteiger partial charge in [0.1, 0.15) is 6.10 Å². The van der Waals surface area contributed by atoms with Gasteiger partial charge in [0.15, 0.2) is 0 Å². The second-order valence-corrected chi connectivity index (χ2v) is 5.17. The molecule has 0 unspecified atom stereocenters. The van der Waals surface area contributed by atoms with E-state index >= 15 is 0 Å². The zero-order valence-corrected chi connectivity index (χ0v) is 11.3. The predicted octanol–water partition coefficient (Wildman–Crippen LogP) is 2.83. The lowest BCUT2D eigenvalue weighted by Crippen LogP contribution is -2.27. The highest BCUT2D eigenvalue weighted by Gasteiger charge is 2.21. The molecule has 1 aliphatic rings. The minimum absolute atomic E-state index is 0.126. The molecule has 1 aromatic heterocycles. The molecule has 4 heteroatoms. The topological polar surface area (TPSA) is 55.2 Å². The van der Waals surface area contributed by atoms with Gasteiger partial charge in [0.25, 0.3) is 0 Å². The van der Waals surface area contributed by atoms with Crippen molar-refractivity contribution in [1.29, 1.82) is 0 Å². The molecule has 0 saturated heterocycles. The Morgan fingerprint density at radius 1 is 0.900 bits per heavy atom. The highest BCUT2D eigenvalue weighted by molar-refractivity contribution is 5.61. The van der Waals surface area contributed by atoms with Crippen molar-refractivity contribution >= 4 is 0 Å². The van der Waals surface area contributed by atoms with Gasteiger partial charge < -0.3 is 9.84 Å². The van der Waals surface area contributed by atoms with Crippen LogP contribution in [0.1, 0.15) is 25.7 Å². The lowest BCUT2D eigenvalue weighted by atomic mass is 9.95. The number of aromatic nitrogens is 2. The fourth-order valence-electron chi connectivity index (χ4n) is 2.47. The molecular weight excluding hydrogens is 252 g/mol. The standard InChI is InChI=1S/C16H18N2O2/c19-14-6-8-15(9-7-14)20-16-17-10-13(11-18-16)12-4-2-1-3-5-12/h1-5,10-11,14-15,19H,6-9H2. The minimum Gasteiger partial charge on any atom is -0.460 e. The van der Waals surface area contributed by atoms with Crippen LogP contribution in [0.2, 0.25) is 0 Å². The maximum atomic E-state index is 9.47. The molecule has 0 radical (unpaired) electrons. The second-order valence-electron chi connectivity index (χ2n) is 5.17. The van der Waals surface area contributed by atoms with Gasteiger partial charge in [-0.15, -0.1) is 0 Å². The highest BCUT2D eigenvalue weighted by Crippen LogP contribution is 2.23. The Kier molecular flexibility index (Phi) is 3.92. The number of ether oxygens (including phenoxy) is 1. The number of benzene rings is 1. The van der Waals surface area contributed by atoms with Gasteiger partial charge in [0.05, 0.1) is 6.10 Å². The van der Waals surface area contributed by atoms with Crippen LogP contribution in [0.3, 0.4) is 0 Å². The quantitative estimate of drug-likeness (QED) is 0.931. The monoisotopic (exact) mass is 270 g/mol. The van der Waals surface area contributed by atoms with Crippen molar-refractivity contribution in [2.45, 2.75) is 37.9 Å². The molecule has 0 bridgehead atoms. The van der Waals surface area contributed by atoms with Gasteiger partial charge in [-0.2, -0.15) is 0 Å². The van der Waals surface area contributed by atoms with Crippen LogP contribution in [-0.2, 0) is 0 Å². The summed E-state index contributed by atoms with van der Waals surface area (Å²) in [6, 6.07) is 10.5. The van der Waals surface area contributed by atoms with Gasteiger partial charge in [-0.05, 0) is 31.2 Å². The first kappa shape index (κ1) is 13.1. The van der Waals surface area contributed by atoms with E-state index in [0.717, 1.165) is 36.8 Å².